The number of hydrogen-bond acceptors (Lipinski definition) is 7. The molecule has 0 aromatic heterocycles. The molecule has 2 aromatic carbocycles. The van der Waals surface area contributed by atoms with Gasteiger partial charge in [0.1, 0.15) is 17.7 Å². The van der Waals surface area contributed by atoms with Crippen molar-refractivity contribution in [1.82, 2.24) is 10.6 Å². The van der Waals surface area contributed by atoms with Gasteiger partial charge in [0.05, 0.1) is 16.9 Å². The first-order chi connectivity index (χ1) is 16.7. The summed E-state index contributed by atoms with van der Waals surface area (Å²) in [5, 5.41) is 26.8. The highest BCUT2D eigenvalue weighted by Crippen LogP contribution is 2.24. The maximum atomic E-state index is 13.2. The number of aliphatic hydroxyl groups excluding tert-OH is 1. The van der Waals surface area contributed by atoms with Gasteiger partial charge in [-0.25, -0.2) is 29.2 Å². The first-order valence-corrected chi connectivity index (χ1v) is 10.5. The van der Waals surface area contributed by atoms with Crippen LogP contribution in [-0.2, 0) is 6.42 Å². The zero-order chi connectivity index (χ0) is 27.0. The summed E-state index contributed by atoms with van der Waals surface area (Å²) >= 11 is 0. The van der Waals surface area contributed by atoms with E-state index >= 15 is 0 Å². The van der Waals surface area contributed by atoms with Gasteiger partial charge in [-0.2, -0.15) is 15.8 Å². The van der Waals surface area contributed by atoms with E-state index in [1.807, 2.05) is 13.8 Å². The quantitative estimate of drug-likeness (QED) is 0.179. The first-order valence-electron chi connectivity index (χ1n) is 10.5. The molecule has 0 saturated carbocycles. The summed E-state index contributed by atoms with van der Waals surface area (Å²) in [6.07, 6.45) is 0.836. The van der Waals surface area contributed by atoms with Gasteiger partial charge >= 0.3 is 12.1 Å². The molecule has 4 amide bonds. The lowest BCUT2D eigenvalue weighted by molar-refractivity contribution is 0.247. The molecule has 0 aliphatic carbocycles. The number of hydrazine groups is 1. The number of hydrogen-bond donors (Lipinski definition) is 5. The number of benzene rings is 2. The number of aliphatic hydroxyl groups is 1. The third kappa shape index (κ3) is 9.32. The highest BCUT2D eigenvalue weighted by atomic mass is 19.1. The monoisotopic (exact) mass is 492 g/mol. The first kappa shape index (κ1) is 30.9. The molecule has 35 heavy (non-hydrogen) atoms. The Morgan fingerprint density at radius 1 is 1.09 bits per heavy atom. The van der Waals surface area contributed by atoms with E-state index in [0.29, 0.717) is 24.1 Å². The fourth-order valence-corrected chi connectivity index (χ4v) is 2.58. The lowest BCUT2D eigenvalue weighted by Crippen LogP contribution is -2.43. The van der Waals surface area contributed by atoms with Gasteiger partial charge in [0.25, 0.3) is 0 Å². The molecule has 6 N–H and O–H groups in total. The second-order valence-electron chi connectivity index (χ2n) is 6.27. The van der Waals surface area contributed by atoms with Crippen LogP contribution in [0.4, 0.5) is 29.7 Å². The van der Waals surface area contributed by atoms with Crippen molar-refractivity contribution in [2.24, 2.45) is 11.1 Å². The van der Waals surface area contributed by atoms with E-state index in [1.54, 1.807) is 6.07 Å². The summed E-state index contributed by atoms with van der Waals surface area (Å²) in [6.45, 7) is 3.97. The number of nitrogens with two attached hydrogens (primary N) is 1. The molecule has 0 spiro atoms. The number of carbonyl (C=O) groups is 2. The van der Waals surface area contributed by atoms with Crippen LogP contribution < -0.4 is 26.5 Å². The SMILES string of the molecule is CC.CNC(=O)N(N)c1ccc(F)cc1C#N.CNC(=O)N(N=N)c1ccc(F)cc1CCCO. The lowest BCUT2D eigenvalue weighted by atomic mass is 10.1. The number of urea groups is 2. The predicted molar refractivity (Wildman–Crippen MR) is 127 cm³/mol. The number of rotatable bonds is 6. The predicted octanol–water partition coefficient (Wildman–Crippen LogP) is 3.59. The number of nitrogens with one attached hydrogen (secondary N) is 3. The van der Waals surface area contributed by atoms with Crippen molar-refractivity contribution >= 4 is 23.4 Å². The largest absolute Gasteiger partial charge is 0.396 e. The van der Waals surface area contributed by atoms with Crippen LogP contribution in [-0.4, -0.2) is 37.9 Å². The highest BCUT2D eigenvalue weighted by molar-refractivity contribution is 5.92. The van der Waals surface area contributed by atoms with Gasteiger partial charge in [0.2, 0.25) is 0 Å². The van der Waals surface area contributed by atoms with Crippen molar-refractivity contribution in [2.75, 3.05) is 30.7 Å². The van der Waals surface area contributed by atoms with Gasteiger partial charge < -0.3 is 15.7 Å². The molecule has 0 aliphatic heterocycles. The summed E-state index contributed by atoms with van der Waals surface area (Å²) in [6, 6.07) is 7.84. The van der Waals surface area contributed by atoms with E-state index in [1.165, 1.54) is 38.4 Å². The highest BCUT2D eigenvalue weighted by Gasteiger charge is 2.18. The van der Waals surface area contributed by atoms with Crippen LogP contribution >= 0.6 is 0 Å². The van der Waals surface area contributed by atoms with Crippen molar-refractivity contribution in [3.05, 3.63) is 59.2 Å². The molecule has 2 aromatic rings. The maximum Gasteiger partial charge on any atom is 0.343 e. The molecule has 2 rings (SSSR count). The van der Waals surface area contributed by atoms with Crippen molar-refractivity contribution in [3.8, 4) is 6.07 Å². The van der Waals surface area contributed by atoms with Crippen LogP contribution in [0.1, 0.15) is 31.4 Å². The van der Waals surface area contributed by atoms with E-state index in [0.717, 1.165) is 22.2 Å². The Morgan fingerprint density at radius 2 is 1.63 bits per heavy atom. The normalized spacial score (nSPS) is 9.23. The molecular weight excluding hydrogens is 462 g/mol. The zero-order valence-electron chi connectivity index (χ0n) is 20.0. The number of nitrogens with zero attached hydrogens (tertiary/aromatic N) is 4. The van der Waals surface area contributed by atoms with Gasteiger partial charge in [-0.3, -0.25) is 0 Å². The minimum Gasteiger partial charge on any atom is -0.396 e. The molecule has 11 nitrogen and oxygen atoms in total. The van der Waals surface area contributed by atoms with Crippen molar-refractivity contribution < 1.29 is 23.5 Å². The van der Waals surface area contributed by atoms with Crippen LogP contribution in [0.15, 0.2) is 41.6 Å². The number of halogens is 2. The number of carbonyl (C=O) groups excluding carboxylic acids is 2. The molecule has 0 aliphatic rings. The third-order valence-corrected chi connectivity index (χ3v) is 4.15. The van der Waals surface area contributed by atoms with Crippen LogP contribution in [0.25, 0.3) is 0 Å². The average Bonchev–Trinajstić information content (AvgIpc) is 2.89. The fraction of sp³-hybridized carbons (Fsp3) is 0.318. The second-order valence-corrected chi connectivity index (χ2v) is 6.27. The van der Waals surface area contributed by atoms with Gasteiger partial charge in [0, 0.05) is 20.7 Å². The Bertz CT molecular complexity index is 1030. The molecule has 0 unspecified atom stereocenters. The Morgan fingerprint density at radius 3 is 2.11 bits per heavy atom. The summed E-state index contributed by atoms with van der Waals surface area (Å²) in [5.41, 5.74) is 8.01. The standard InChI is InChI=1S/C11H15FN4O2.C9H9FN4O.C2H6/c1-14-11(18)16(15-13)10-5-4-9(12)7-8(10)3-2-6-17;1-13-9(15)14(12)8-3-2-7(10)4-6(8)5-11;1-2/h4-5,7,13,17H,2-3,6H2,1H3,(H,14,18);2-4H,12H2,1H3,(H,13,15);1-2H3. The third-order valence-electron chi connectivity index (χ3n) is 4.15. The van der Waals surface area contributed by atoms with Crippen molar-refractivity contribution in [1.29, 1.82) is 10.8 Å². The van der Waals surface area contributed by atoms with Crippen LogP contribution in [0.5, 0.6) is 0 Å². The molecule has 0 atom stereocenters. The van der Waals surface area contributed by atoms with E-state index in [2.05, 4.69) is 15.9 Å². The minimum atomic E-state index is -0.585. The molecule has 0 heterocycles. The van der Waals surface area contributed by atoms with Gasteiger partial charge in [0.15, 0.2) is 0 Å². The summed E-state index contributed by atoms with van der Waals surface area (Å²) < 4.78 is 25.9. The minimum absolute atomic E-state index is 0.00102. The molecule has 190 valence electrons. The van der Waals surface area contributed by atoms with Gasteiger partial charge in [-0.05, 0) is 54.8 Å². The van der Waals surface area contributed by atoms with E-state index < -0.39 is 23.7 Å². The van der Waals surface area contributed by atoms with Gasteiger partial charge in [-0.15, -0.1) is 0 Å². The zero-order valence-corrected chi connectivity index (χ0v) is 20.0. The smallest absolute Gasteiger partial charge is 0.343 e. The van der Waals surface area contributed by atoms with E-state index in [9.17, 15) is 18.4 Å². The number of anilines is 2. The molecule has 0 fully saturated rings. The summed E-state index contributed by atoms with van der Waals surface area (Å²) in [7, 11) is 2.81. The summed E-state index contributed by atoms with van der Waals surface area (Å²) in [5.74, 6) is 4.43. The molecule has 13 heteroatoms. The van der Waals surface area contributed by atoms with Crippen LogP contribution in [0.2, 0.25) is 0 Å². The Hall–Kier alpha value is -4.15. The van der Waals surface area contributed by atoms with E-state index in [4.69, 9.17) is 21.7 Å². The van der Waals surface area contributed by atoms with Crippen LogP contribution in [0, 0.1) is 28.5 Å². The second kappa shape index (κ2) is 16.5. The lowest BCUT2D eigenvalue weighted by Gasteiger charge is -2.18. The Balaban J connectivity index is 0.000000625. The number of aryl methyl sites for hydroxylation is 1. The van der Waals surface area contributed by atoms with Crippen LogP contribution in [0.3, 0.4) is 0 Å². The fourth-order valence-electron chi connectivity index (χ4n) is 2.58. The van der Waals surface area contributed by atoms with Gasteiger partial charge in [-0.1, -0.05) is 19.1 Å². The van der Waals surface area contributed by atoms with Crippen molar-refractivity contribution in [2.45, 2.75) is 26.7 Å². The molecular formula is C22H30F2N8O3. The molecule has 0 saturated heterocycles. The topological polar surface area (TPSA) is 171 Å². The molecule has 0 bridgehead atoms. The summed E-state index contributed by atoms with van der Waals surface area (Å²) in [4.78, 5) is 22.7. The van der Waals surface area contributed by atoms with E-state index in [-0.39, 0.29) is 17.9 Å². The number of nitriles is 1. The average molecular weight is 493 g/mol. The maximum absolute atomic E-state index is 13.2. The number of amides is 4. The van der Waals surface area contributed by atoms with Crippen molar-refractivity contribution in [3.63, 3.8) is 0 Å². The Kier molecular flexibility index (Phi) is 14.5. The Labute approximate surface area is 202 Å². The molecule has 0 radical (unpaired) electrons.